The number of aryl methyl sites for hydroxylation is 2. The van der Waals surface area contributed by atoms with Crippen LogP contribution < -0.4 is 68.0 Å². The number of nitrogens with zero attached hydrogens (tertiary/aromatic N) is 26. The number of aliphatic hydroxyl groups is 1. The van der Waals surface area contributed by atoms with Gasteiger partial charge in [0.1, 0.15) is 40.6 Å². The Morgan fingerprint density at radius 3 is 1.56 bits per heavy atom. The summed E-state index contributed by atoms with van der Waals surface area (Å²) in [6.07, 6.45) is 17.0. The van der Waals surface area contributed by atoms with Crippen molar-refractivity contribution in [1.82, 2.24) is 119 Å². The number of morpholine rings is 4. The van der Waals surface area contributed by atoms with Crippen LogP contribution in [-0.4, -0.2) is 288 Å². The van der Waals surface area contributed by atoms with Crippen molar-refractivity contribution in [3.63, 3.8) is 0 Å². The molecule has 4 aromatic carbocycles. The fourth-order valence-corrected chi connectivity index (χ4v) is 17.3. The lowest BCUT2D eigenvalue weighted by Gasteiger charge is -2.28. The van der Waals surface area contributed by atoms with E-state index in [1.165, 1.54) is 5.56 Å². The minimum atomic E-state index is -0.509. The van der Waals surface area contributed by atoms with Gasteiger partial charge in [-0.1, -0.05) is 86.2 Å². The van der Waals surface area contributed by atoms with Crippen molar-refractivity contribution in [2.75, 3.05) is 187 Å². The molecule has 4 fully saturated rings. The van der Waals surface area contributed by atoms with Gasteiger partial charge >= 0.3 is 0 Å². The fraction of sp³-hybridized carbons (Fsp3) is 0.417. The third-order valence-electron chi connectivity index (χ3n) is 25.3. The number of hydrogen-bond acceptors (Lipinski definition) is 38. The largest absolute Gasteiger partial charge is 0.494 e. The normalized spacial score (nSPS) is 13.9. The second kappa shape index (κ2) is 51.5. The Bertz CT molecular complexity index is 6840. The average Bonchev–Trinajstić information content (AvgIpc) is 1.57. The van der Waals surface area contributed by atoms with Crippen LogP contribution in [0.5, 0.6) is 5.75 Å². The number of aliphatic hydroxyl groups excluding tert-OH is 1. The summed E-state index contributed by atoms with van der Waals surface area (Å²) in [6.45, 7) is 34.1. The van der Waals surface area contributed by atoms with Crippen LogP contribution in [0.15, 0.2) is 147 Å². The quantitative estimate of drug-likeness (QED) is 0.00562. The maximum Gasteiger partial charge on any atom is 0.248 e. The number of amides is 3. The van der Waals surface area contributed by atoms with Gasteiger partial charge in [0.25, 0.3) is 0 Å². The second-order valence-corrected chi connectivity index (χ2v) is 36.2. The average molecular weight is 2020 g/mol. The number of Topliss-reactive ketones (excluding diaryl/α,β-unsaturated/α-hetero) is 1. The molecule has 148 heavy (non-hydrogen) atoms. The van der Waals surface area contributed by atoms with E-state index in [1.807, 2.05) is 83.1 Å². The number of unbranched alkanes of at least 4 members (excludes halogenated alkanes) is 3. The van der Waals surface area contributed by atoms with E-state index >= 15 is 0 Å². The Morgan fingerprint density at radius 1 is 0.520 bits per heavy atom. The molecular formula is C103H131N33O12. The van der Waals surface area contributed by atoms with Gasteiger partial charge in [0.05, 0.1) is 78.0 Å². The Kier molecular flexibility index (Phi) is 37.1. The molecule has 3 amide bonds. The number of ketones is 1. The first-order valence-corrected chi connectivity index (χ1v) is 50.0. The highest BCUT2D eigenvalue weighted by molar-refractivity contribution is 5.97. The summed E-state index contributed by atoms with van der Waals surface area (Å²) < 4.78 is 36.4. The van der Waals surface area contributed by atoms with Crippen LogP contribution in [0, 0.1) is 0 Å². The minimum Gasteiger partial charge on any atom is -0.494 e. The standard InChI is InChI=1S/C31H36N8O3.C25H29N9O3.C25H34N6O4.C22H32N10O2/c1-4-39-26(20-37(3)19-23-9-7-22(8-10-23)6-5-21(2)36-41)33-27-30(38-15-17-42-18-16-38)34-29(35-31(27)39)25-13-11-24(12-14-25)28(32)40;1-15(2)34-22-21(31-24(34)29-11-16-3-5-17(6-4-16)19(36)14-35)20(18-12-27-23(26)28-13-18)30-25(32-22)33-7-9-37-10-8-33;1-18(2)31-17-26-22-24(30-12-15-34-16-13-30)27-23(28-25(22)31)19-8-10-20(11-9-19)35-14-6-4-3-5-7-21(32)29-33;1-4-30(5-2)22-28-18-17(15-13-25-20(23)26-14-15)27-21(31-9-11-34-12-10-31)29-19(18)32(22)8-6-7-16(33)24-3/h5-14,36,41H,2,4,15-20H2,1,3H3,(H2,32,40);3-6,12-13,15,35H,7-11,14H2,1-2H3,(H,29,31)(H2,26,27,28);8-11,17-18,33H,3-7,12-16H2,1-2H3,(H,29,32);13-14H,4-12H2,1-3H3,(H,24,33)(H2,23,25,26)/b6-5+;;;. The molecule has 13 N–H and O–H groups in total. The number of nitrogen functional groups attached to an aromatic ring is 2. The number of nitrogens with one attached hydrogen (secondary N) is 4. The van der Waals surface area contributed by atoms with Gasteiger partial charge in [-0.2, -0.15) is 9.97 Å². The molecular weight excluding hydrogens is 1890 g/mol. The summed E-state index contributed by atoms with van der Waals surface area (Å²) in [7, 11) is 3.73. The van der Waals surface area contributed by atoms with E-state index in [2.05, 4.69) is 153 Å². The van der Waals surface area contributed by atoms with E-state index in [9.17, 15) is 19.2 Å². The monoisotopic (exact) mass is 2020 g/mol. The Hall–Kier alpha value is -15.5. The number of benzene rings is 4. The molecule has 4 aliphatic heterocycles. The minimum absolute atomic E-state index is 0.0113. The van der Waals surface area contributed by atoms with Crippen LogP contribution in [-0.2, 0) is 61.3 Å². The zero-order chi connectivity index (χ0) is 104. The number of fused-ring (bicyclic) bond motifs is 4. The molecule has 14 heterocycles. The number of aromatic nitrogens is 20. The van der Waals surface area contributed by atoms with Gasteiger partial charge in [0.2, 0.25) is 53.4 Å². The number of ether oxygens (including phenoxy) is 5. The lowest BCUT2D eigenvalue weighted by molar-refractivity contribution is -0.129. The molecule has 0 bridgehead atoms. The molecule has 780 valence electrons. The molecule has 4 saturated heterocycles. The van der Waals surface area contributed by atoms with Gasteiger partial charge in [0, 0.05) is 182 Å². The maximum atomic E-state index is 11.8. The van der Waals surface area contributed by atoms with E-state index in [0.717, 1.165) is 156 Å². The van der Waals surface area contributed by atoms with Crippen LogP contribution >= 0.6 is 0 Å². The highest BCUT2D eigenvalue weighted by Crippen LogP contribution is 2.38. The first-order valence-electron chi connectivity index (χ1n) is 50.0. The summed E-state index contributed by atoms with van der Waals surface area (Å²) in [4.78, 5) is 135. The Labute approximate surface area is 856 Å². The van der Waals surface area contributed by atoms with Gasteiger partial charge in [-0.05, 0) is 134 Å². The van der Waals surface area contributed by atoms with Gasteiger partial charge < -0.3 is 90.3 Å². The summed E-state index contributed by atoms with van der Waals surface area (Å²) in [6, 6.07) is 30.6. The zero-order valence-electron chi connectivity index (χ0n) is 85.1. The zero-order valence-corrected chi connectivity index (χ0v) is 85.1. The summed E-state index contributed by atoms with van der Waals surface area (Å²) in [5.41, 5.74) is 35.4. The van der Waals surface area contributed by atoms with Crippen molar-refractivity contribution < 1.29 is 58.4 Å². The third kappa shape index (κ3) is 26.8. The highest BCUT2D eigenvalue weighted by atomic mass is 16.5. The molecule has 0 aliphatic carbocycles. The van der Waals surface area contributed by atoms with Crippen molar-refractivity contribution >= 4 is 122 Å². The van der Waals surface area contributed by atoms with Crippen molar-refractivity contribution in [2.24, 2.45) is 5.73 Å². The molecule has 4 aliphatic rings. The lowest BCUT2D eigenvalue weighted by Crippen LogP contribution is -2.37. The number of primary amides is 1. The molecule has 0 spiro atoms. The predicted octanol–water partition coefficient (Wildman–Crippen LogP) is 10.5. The number of nitrogens with two attached hydrogens (primary N) is 3. The molecule has 0 saturated carbocycles. The van der Waals surface area contributed by atoms with Crippen LogP contribution in [0.1, 0.15) is 149 Å². The van der Waals surface area contributed by atoms with Crippen LogP contribution in [0.25, 0.3) is 96.0 Å². The lowest BCUT2D eigenvalue weighted by atomic mass is 10.1. The van der Waals surface area contributed by atoms with Crippen molar-refractivity contribution in [2.45, 2.75) is 138 Å². The van der Waals surface area contributed by atoms with E-state index in [4.69, 9.17) is 111 Å². The number of hydrogen-bond donors (Lipinski definition) is 10. The fourth-order valence-electron chi connectivity index (χ4n) is 17.3. The predicted molar refractivity (Wildman–Crippen MR) is 565 cm³/mol. The van der Waals surface area contributed by atoms with Gasteiger partial charge in [-0.15, -0.1) is 0 Å². The van der Waals surface area contributed by atoms with E-state index < -0.39 is 12.5 Å². The number of allylic oxidation sites excluding steroid dienone is 1. The number of imidazole rings is 4. The number of anilines is 8. The van der Waals surface area contributed by atoms with Crippen LogP contribution in [0.3, 0.4) is 0 Å². The van der Waals surface area contributed by atoms with Crippen molar-refractivity contribution in [3.8, 4) is 51.0 Å². The SMILES string of the molecule is C=C(/C=C/c1ccc(CN(C)Cc2nc3c(N4CCOCC4)nc(-c4ccc(C(N)=O)cc4)nc3n2CC)cc1)NO.CC(C)n1c(NCc2ccc(C(=O)CO)cc2)nc2c(-c3cnc(N)nc3)nc(N3CCOCC3)nc21.CC(C)n1cnc2c(N3CCOCC3)nc(-c3ccc(OCCCCCCC(=O)NO)cc3)nc21.CCN(CC)c1nc2c(-c3cnc(N)nc3)nc(N3CCOCC3)nc2n1CCCC(=O)NC. The number of rotatable bonds is 39. The molecule has 14 aromatic rings. The van der Waals surface area contributed by atoms with Crippen LogP contribution in [0.2, 0.25) is 0 Å². The summed E-state index contributed by atoms with van der Waals surface area (Å²) >= 11 is 0. The van der Waals surface area contributed by atoms with Gasteiger partial charge in [-0.25, -0.2) is 75.3 Å². The number of hydroxylamine groups is 2. The smallest absolute Gasteiger partial charge is 0.248 e. The summed E-state index contributed by atoms with van der Waals surface area (Å²) in [5, 5.41) is 32.6. The molecule has 0 unspecified atom stereocenters. The molecule has 10 aromatic heterocycles. The number of carbonyl (C=O) groups excluding carboxylic acids is 4. The first-order chi connectivity index (χ1) is 71.9. The molecule has 45 nitrogen and oxygen atoms in total. The van der Waals surface area contributed by atoms with Gasteiger partial charge in [-0.3, -0.25) is 49.1 Å². The molecule has 18 rings (SSSR count). The topological polar surface area (TPSA) is 547 Å². The second-order valence-electron chi connectivity index (χ2n) is 36.2. The van der Waals surface area contributed by atoms with Crippen molar-refractivity contribution in [3.05, 3.63) is 180 Å². The van der Waals surface area contributed by atoms with Crippen LogP contribution in [0.4, 0.5) is 47.3 Å². The number of carbonyl (C=O) groups is 4. The third-order valence-corrected chi connectivity index (χ3v) is 25.3. The van der Waals surface area contributed by atoms with E-state index in [0.29, 0.717) is 211 Å². The Balaban J connectivity index is 0.000000148. The van der Waals surface area contributed by atoms with Crippen molar-refractivity contribution in [1.29, 1.82) is 0 Å². The first kappa shape index (κ1) is 107. The molecule has 0 atom stereocenters. The molecule has 45 heteroatoms. The van der Waals surface area contributed by atoms with E-state index in [-0.39, 0.29) is 41.6 Å². The molecule has 0 radical (unpaired) electrons. The van der Waals surface area contributed by atoms with Gasteiger partial charge in [0.15, 0.2) is 62.7 Å². The Morgan fingerprint density at radius 2 is 1.03 bits per heavy atom. The maximum absolute atomic E-state index is 11.8. The summed E-state index contributed by atoms with van der Waals surface area (Å²) in [5.74, 6) is 6.53. The van der Waals surface area contributed by atoms with E-state index in [1.54, 1.807) is 67.7 Å². The highest BCUT2D eigenvalue weighted by Gasteiger charge is 2.31.